The highest BCUT2D eigenvalue weighted by Gasteiger charge is 2.39. The molecule has 0 saturated carbocycles. The Bertz CT molecular complexity index is 1070. The minimum atomic E-state index is -3.51. The fraction of sp³-hybridized carbons (Fsp3) is 0.238. The van der Waals surface area contributed by atoms with Gasteiger partial charge >= 0.3 is 0 Å². The summed E-state index contributed by atoms with van der Waals surface area (Å²) in [7, 11) is -3.51. The zero-order valence-electron chi connectivity index (χ0n) is 15.1. The van der Waals surface area contributed by atoms with E-state index in [1.165, 1.54) is 11.3 Å². The van der Waals surface area contributed by atoms with Crippen molar-refractivity contribution in [3.8, 4) is 11.1 Å². The molecule has 1 aliphatic heterocycles. The summed E-state index contributed by atoms with van der Waals surface area (Å²) in [6, 6.07) is 17.4. The first-order chi connectivity index (χ1) is 12.5. The third-order valence-corrected chi connectivity index (χ3v) is 8.53. The Balaban J connectivity index is 2.12. The van der Waals surface area contributed by atoms with Crippen molar-refractivity contribution >= 4 is 32.5 Å². The van der Waals surface area contributed by atoms with E-state index in [9.17, 15) is 8.42 Å². The SMILES string of the molecule is CCN1c2ccccc2S(=O)(=O)c2sc(C(C)C)c(-c3ccccc3)c21. The predicted octanol–water partition coefficient (Wildman–Crippen LogP) is 5.84. The van der Waals surface area contributed by atoms with Crippen molar-refractivity contribution in [2.75, 3.05) is 11.4 Å². The Morgan fingerprint density at radius 2 is 1.65 bits per heavy atom. The molecule has 0 N–H and O–H groups in total. The van der Waals surface area contributed by atoms with Crippen LogP contribution in [-0.2, 0) is 9.84 Å². The topological polar surface area (TPSA) is 37.4 Å². The van der Waals surface area contributed by atoms with E-state index in [0.717, 1.165) is 27.4 Å². The van der Waals surface area contributed by atoms with E-state index in [1.54, 1.807) is 12.1 Å². The molecule has 0 fully saturated rings. The maximum absolute atomic E-state index is 13.4. The minimum Gasteiger partial charge on any atom is -0.338 e. The Kier molecular flexibility index (Phi) is 4.16. The van der Waals surface area contributed by atoms with Gasteiger partial charge in [0.15, 0.2) is 0 Å². The molecular formula is C21H21NO2S2. The molecule has 1 aromatic heterocycles. The van der Waals surface area contributed by atoms with Crippen molar-refractivity contribution < 1.29 is 8.42 Å². The van der Waals surface area contributed by atoms with Crippen molar-refractivity contribution in [1.82, 2.24) is 0 Å². The number of hydrogen-bond acceptors (Lipinski definition) is 4. The highest BCUT2D eigenvalue weighted by molar-refractivity contribution is 7.94. The second kappa shape index (κ2) is 6.25. The zero-order valence-corrected chi connectivity index (χ0v) is 16.7. The highest BCUT2D eigenvalue weighted by atomic mass is 32.2. The Morgan fingerprint density at radius 3 is 2.31 bits per heavy atom. The Morgan fingerprint density at radius 1 is 1.00 bits per heavy atom. The van der Waals surface area contributed by atoms with Crippen LogP contribution in [0.1, 0.15) is 31.6 Å². The molecule has 0 radical (unpaired) electrons. The molecule has 0 atom stereocenters. The summed E-state index contributed by atoms with van der Waals surface area (Å²) in [5, 5.41) is 0. The van der Waals surface area contributed by atoms with Gasteiger partial charge in [0.1, 0.15) is 4.21 Å². The van der Waals surface area contributed by atoms with Gasteiger partial charge in [-0.1, -0.05) is 56.3 Å². The molecule has 0 saturated heterocycles. The molecule has 3 aromatic rings. The number of hydrogen-bond donors (Lipinski definition) is 0. The fourth-order valence-corrected chi connectivity index (χ4v) is 7.01. The van der Waals surface area contributed by atoms with Gasteiger partial charge in [-0.15, -0.1) is 11.3 Å². The van der Waals surface area contributed by atoms with Gasteiger partial charge in [0, 0.05) is 17.0 Å². The molecule has 134 valence electrons. The van der Waals surface area contributed by atoms with E-state index >= 15 is 0 Å². The highest BCUT2D eigenvalue weighted by Crippen LogP contribution is 2.55. The van der Waals surface area contributed by atoms with Crippen LogP contribution >= 0.6 is 11.3 Å². The van der Waals surface area contributed by atoms with E-state index in [0.29, 0.717) is 15.6 Å². The molecule has 0 aliphatic carbocycles. The first-order valence-electron chi connectivity index (χ1n) is 8.80. The summed E-state index contributed by atoms with van der Waals surface area (Å²) in [5.74, 6) is 0.248. The van der Waals surface area contributed by atoms with Gasteiger partial charge in [0.2, 0.25) is 9.84 Å². The summed E-state index contributed by atoms with van der Waals surface area (Å²) in [4.78, 5) is 3.68. The van der Waals surface area contributed by atoms with Crippen LogP contribution in [0.2, 0.25) is 0 Å². The summed E-state index contributed by atoms with van der Waals surface area (Å²) >= 11 is 1.42. The van der Waals surface area contributed by atoms with Gasteiger partial charge in [-0.3, -0.25) is 0 Å². The van der Waals surface area contributed by atoms with Crippen molar-refractivity contribution in [3.05, 3.63) is 59.5 Å². The minimum absolute atomic E-state index is 0.248. The molecule has 26 heavy (non-hydrogen) atoms. The maximum atomic E-state index is 13.4. The third kappa shape index (κ3) is 2.42. The van der Waals surface area contributed by atoms with Gasteiger partial charge < -0.3 is 4.90 Å². The van der Waals surface area contributed by atoms with Crippen molar-refractivity contribution in [2.24, 2.45) is 0 Å². The third-order valence-electron chi connectivity index (χ3n) is 4.74. The maximum Gasteiger partial charge on any atom is 0.220 e. The lowest BCUT2D eigenvalue weighted by Crippen LogP contribution is -2.24. The number of thiophene rings is 1. The molecule has 0 bridgehead atoms. The van der Waals surface area contributed by atoms with Crippen LogP contribution in [0.4, 0.5) is 11.4 Å². The van der Waals surface area contributed by atoms with Crippen LogP contribution in [0, 0.1) is 0 Å². The van der Waals surface area contributed by atoms with Crippen LogP contribution in [0.25, 0.3) is 11.1 Å². The lowest BCUT2D eigenvalue weighted by atomic mass is 9.99. The molecule has 4 rings (SSSR count). The van der Waals surface area contributed by atoms with Gasteiger partial charge in [0.25, 0.3) is 0 Å². The lowest BCUT2D eigenvalue weighted by molar-refractivity contribution is 0.596. The number of anilines is 2. The number of fused-ring (bicyclic) bond motifs is 2. The molecule has 5 heteroatoms. The van der Waals surface area contributed by atoms with Crippen molar-refractivity contribution in [1.29, 1.82) is 0 Å². The van der Waals surface area contributed by atoms with Crippen LogP contribution < -0.4 is 4.90 Å². The summed E-state index contributed by atoms with van der Waals surface area (Å²) in [6.07, 6.45) is 0. The Hall–Kier alpha value is -2.11. The zero-order chi connectivity index (χ0) is 18.5. The summed E-state index contributed by atoms with van der Waals surface area (Å²) < 4.78 is 27.2. The average Bonchev–Trinajstić information content (AvgIpc) is 3.05. The van der Waals surface area contributed by atoms with E-state index in [4.69, 9.17) is 0 Å². The normalized spacial score (nSPS) is 15.0. The van der Waals surface area contributed by atoms with Crippen molar-refractivity contribution in [3.63, 3.8) is 0 Å². The molecule has 2 heterocycles. The van der Waals surface area contributed by atoms with Crippen LogP contribution in [0.3, 0.4) is 0 Å². The largest absolute Gasteiger partial charge is 0.338 e. The smallest absolute Gasteiger partial charge is 0.220 e. The van der Waals surface area contributed by atoms with Crippen LogP contribution in [0.15, 0.2) is 63.7 Å². The van der Waals surface area contributed by atoms with Crippen LogP contribution in [0.5, 0.6) is 0 Å². The van der Waals surface area contributed by atoms with Gasteiger partial charge in [-0.25, -0.2) is 8.42 Å². The number of benzene rings is 2. The van der Waals surface area contributed by atoms with Crippen LogP contribution in [-0.4, -0.2) is 15.0 Å². The standard InChI is InChI=1S/C21H21NO2S2/c1-4-22-16-12-8-9-13-17(16)26(23,24)21-19(22)18(20(25-21)14(2)3)15-10-6-5-7-11-15/h5-14H,4H2,1-3H3. The predicted molar refractivity (Wildman–Crippen MR) is 108 cm³/mol. The van der Waals surface area contributed by atoms with E-state index in [2.05, 4.69) is 37.8 Å². The second-order valence-electron chi connectivity index (χ2n) is 6.71. The van der Waals surface area contributed by atoms with Gasteiger partial charge in [-0.2, -0.15) is 0 Å². The molecule has 2 aromatic carbocycles. The Labute approximate surface area is 158 Å². The summed E-state index contributed by atoms with van der Waals surface area (Å²) in [6.45, 7) is 7.03. The molecule has 0 amide bonds. The van der Waals surface area contributed by atoms with E-state index < -0.39 is 9.84 Å². The molecule has 1 aliphatic rings. The number of sulfone groups is 1. The molecule has 0 unspecified atom stereocenters. The quantitative estimate of drug-likeness (QED) is 0.570. The van der Waals surface area contributed by atoms with E-state index in [-0.39, 0.29) is 5.92 Å². The number of nitrogens with zero attached hydrogens (tertiary/aromatic N) is 1. The van der Waals surface area contributed by atoms with E-state index in [1.807, 2.05) is 30.3 Å². The van der Waals surface area contributed by atoms with Gasteiger partial charge in [0.05, 0.1) is 16.3 Å². The number of para-hydroxylation sites is 1. The average molecular weight is 384 g/mol. The second-order valence-corrected chi connectivity index (χ2v) is 9.88. The monoisotopic (exact) mass is 383 g/mol. The summed E-state index contributed by atoms with van der Waals surface area (Å²) in [5.41, 5.74) is 3.74. The molecule has 0 spiro atoms. The van der Waals surface area contributed by atoms with Crippen molar-refractivity contribution in [2.45, 2.75) is 35.8 Å². The molecule has 3 nitrogen and oxygen atoms in total. The first kappa shape index (κ1) is 17.3. The number of rotatable bonds is 3. The fourth-order valence-electron chi connectivity index (χ4n) is 3.59. The first-order valence-corrected chi connectivity index (χ1v) is 11.1. The van der Waals surface area contributed by atoms with Gasteiger partial charge in [-0.05, 0) is 30.5 Å². The molecular weight excluding hydrogens is 362 g/mol. The lowest BCUT2D eigenvalue weighted by Gasteiger charge is -2.31.